The zero-order valence-corrected chi connectivity index (χ0v) is 13.8. The first-order valence-corrected chi connectivity index (χ1v) is 8.25. The van der Waals surface area contributed by atoms with Crippen molar-refractivity contribution in [3.63, 3.8) is 0 Å². The predicted octanol–water partition coefficient (Wildman–Crippen LogP) is 0.832. The normalized spacial score (nSPS) is 21.0. The van der Waals surface area contributed by atoms with Gasteiger partial charge in [0.05, 0.1) is 13.1 Å². The first-order chi connectivity index (χ1) is 11.1. The second-order valence-corrected chi connectivity index (χ2v) is 6.35. The lowest BCUT2D eigenvalue weighted by molar-refractivity contribution is -0.900. The number of ether oxygens (including phenoxy) is 1. The topological polar surface area (TPSA) is 46.3 Å². The van der Waals surface area contributed by atoms with Crippen molar-refractivity contribution >= 4 is 11.9 Å². The summed E-state index contributed by atoms with van der Waals surface area (Å²) in [7, 11) is 3.93. The van der Waals surface area contributed by atoms with Crippen LogP contribution in [0.1, 0.15) is 24.8 Å². The number of esters is 1. The predicted molar refractivity (Wildman–Crippen MR) is 89.2 cm³/mol. The molecule has 2 aliphatic rings. The summed E-state index contributed by atoms with van der Waals surface area (Å²) < 4.78 is 5.40. The maximum Gasteiger partial charge on any atom is 0.365 e. The molecule has 2 aliphatic heterocycles. The first kappa shape index (κ1) is 15.7. The van der Waals surface area contributed by atoms with Crippen molar-refractivity contribution < 1.29 is 14.4 Å². The van der Waals surface area contributed by atoms with Crippen LogP contribution < -0.4 is 4.90 Å². The van der Waals surface area contributed by atoms with Crippen molar-refractivity contribution in [1.82, 2.24) is 4.90 Å². The van der Waals surface area contributed by atoms with Gasteiger partial charge >= 0.3 is 5.97 Å². The van der Waals surface area contributed by atoms with Crippen molar-refractivity contribution in [1.29, 1.82) is 0 Å². The summed E-state index contributed by atoms with van der Waals surface area (Å²) in [4.78, 5) is 20.3. The lowest BCUT2D eigenvalue weighted by atomic mass is 10.1. The highest BCUT2D eigenvalue weighted by atomic mass is 16.6. The van der Waals surface area contributed by atoms with Crippen LogP contribution in [0.4, 0.5) is 0 Å². The molecule has 0 aliphatic carbocycles. The Labute approximate surface area is 137 Å². The number of nitrogens with one attached hydrogen (secondary N) is 1. The average molecular weight is 314 g/mol. The molecule has 0 radical (unpaired) electrons. The van der Waals surface area contributed by atoms with Gasteiger partial charge in [-0.25, -0.2) is 9.79 Å². The van der Waals surface area contributed by atoms with Crippen LogP contribution >= 0.6 is 0 Å². The summed E-state index contributed by atoms with van der Waals surface area (Å²) in [6.07, 6.45) is 3.83. The third-order valence-corrected chi connectivity index (χ3v) is 4.41. The molecule has 0 aromatic heterocycles. The Hall–Kier alpha value is -2.14. The lowest BCUT2D eigenvalue weighted by Gasteiger charge is -2.27. The van der Waals surface area contributed by atoms with E-state index in [0.717, 1.165) is 30.9 Å². The zero-order valence-electron chi connectivity index (χ0n) is 13.8. The highest BCUT2D eigenvalue weighted by Gasteiger charge is 2.30. The summed E-state index contributed by atoms with van der Waals surface area (Å²) >= 11 is 0. The van der Waals surface area contributed by atoms with Gasteiger partial charge in [-0.2, -0.15) is 0 Å². The third-order valence-electron chi connectivity index (χ3n) is 4.41. The van der Waals surface area contributed by atoms with Gasteiger partial charge in [-0.15, -0.1) is 0 Å². The van der Waals surface area contributed by atoms with Gasteiger partial charge in [0, 0.05) is 19.7 Å². The van der Waals surface area contributed by atoms with Crippen molar-refractivity contribution in [3.8, 4) is 0 Å². The van der Waals surface area contributed by atoms with Crippen LogP contribution in [-0.2, 0) is 9.53 Å². The Kier molecular flexibility index (Phi) is 4.76. The summed E-state index contributed by atoms with van der Waals surface area (Å²) in [5.74, 6) is 0.0579. The molecule has 122 valence electrons. The number of carbonyl (C=O) groups is 1. The molecule has 0 amide bonds. The number of aliphatic imine (C=N–C) groups is 1. The Morgan fingerprint density at radius 2 is 1.87 bits per heavy atom. The minimum Gasteiger partial charge on any atom is -0.402 e. The summed E-state index contributed by atoms with van der Waals surface area (Å²) in [6.45, 7) is 3.15. The molecule has 0 unspecified atom stereocenters. The molecule has 0 spiro atoms. The maximum absolute atomic E-state index is 12.3. The van der Waals surface area contributed by atoms with Gasteiger partial charge in [0.15, 0.2) is 5.70 Å². The van der Waals surface area contributed by atoms with Crippen molar-refractivity contribution in [2.75, 3.05) is 33.7 Å². The minimum absolute atomic E-state index is 0.344. The molecular weight excluding hydrogens is 290 g/mol. The van der Waals surface area contributed by atoms with E-state index < -0.39 is 0 Å². The van der Waals surface area contributed by atoms with Crippen LogP contribution in [0.2, 0.25) is 0 Å². The largest absolute Gasteiger partial charge is 0.402 e. The number of hydrogen-bond donors (Lipinski definition) is 1. The van der Waals surface area contributed by atoms with Crippen LogP contribution in [-0.4, -0.2) is 50.5 Å². The molecule has 0 bridgehead atoms. The van der Waals surface area contributed by atoms with E-state index in [1.807, 2.05) is 49.3 Å². The van der Waals surface area contributed by atoms with Crippen LogP contribution in [0.15, 0.2) is 46.7 Å². The molecule has 1 saturated heterocycles. The summed E-state index contributed by atoms with van der Waals surface area (Å²) in [6, 6.07) is 9.57. The molecule has 1 aromatic rings. The van der Waals surface area contributed by atoms with E-state index in [4.69, 9.17) is 4.74 Å². The standard InChI is InChI=1S/C18H23N3O2/c1-20(2)15(13-21-11-7-4-8-12-21)16-18(22)23-17(19-16)14-9-5-3-6-10-14/h3,5-6,9-10H,4,7-8,11-13H2,1-2H3/p+1/b16-15-. The third kappa shape index (κ3) is 3.62. The monoisotopic (exact) mass is 314 g/mol. The fraction of sp³-hybridized carbons (Fsp3) is 0.444. The molecule has 5 nitrogen and oxygen atoms in total. The van der Waals surface area contributed by atoms with Crippen LogP contribution in [0, 0.1) is 0 Å². The van der Waals surface area contributed by atoms with E-state index in [1.54, 1.807) is 0 Å². The number of likely N-dealkylation sites (tertiary alicyclic amines) is 1. The van der Waals surface area contributed by atoms with Crippen molar-refractivity contribution in [2.45, 2.75) is 19.3 Å². The minimum atomic E-state index is -0.344. The SMILES string of the molecule is CN(C)/C(C[NH+]1CCCCC1)=C1\N=C(c2ccccc2)OC1=O. The number of piperidine rings is 1. The molecule has 23 heavy (non-hydrogen) atoms. The molecule has 0 saturated carbocycles. The highest BCUT2D eigenvalue weighted by molar-refractivity contribution is 6.11. The second kappa shape index (κ2) is 6.96. The van der Waals surface area contributed by atoms with Gasteiger partial charge < -0.3 is 14.5 Å². The van der Waals surface area contributed by atoms with E-state index in [0.29, 0.717) is 11.6 Å². The Bertz CT molecular complexity index is 629. The quantitative estimate of drug-likeness (QED) is 0.661. The molecular formula is C18H24N3O2+. The number of hydrogen-bond acceptors (Lipinski definition) is 4. The maximum atomic E-state index is 12.3. The van der Waals surface area contributed by atoms with Gasteiger partial charge in [0.1, 0.15) is 12.2 Å². The average Bonchev–Trinajstić information content (AvgIpc) is 2.96. The Balaban J connectivity index is 1.88. The number of rotatable bonds is 4. The molecule has 0 atom stereocenters. The number of quaternary nitrogens is 1. The van der Waals surface area contributed by atoms with E-state index in [1.165, 1.54) is 24.2 Å². The number of cyclic esters (lactones) is 1. The molecule has 1 fully saturated rings. The van der Waals surface area contributed by atoms with Gasteiger partial charge in [0.25, 0.3) is 0 Å². The lowest BCUT2D eigenvalue weighted by Crippen LogP contribution is -3.13. The van der Waals surface area contributed by atoms with Gasteiger partial charge in [0.2, 0.25) is 5.90 Å². The van der Waals surface area contributed by atoms with E-state index in [-0.39, 0.29) is 5.97 Å². The van der Waals surface area contributed by atoms with Crippen molar-refractivity contribution in [3.05, 3.63) is 47.3 Å². The first-order valence-electron chi connectivity index (χ1n) is 8.25. The summed E-state index contributed by atoms with van der Waals surface area (Å²) in [5, 5.41) is 0. The van der Waals surface area contributed by atoms with E-state index in [2.05, 4.69) is 4.99 Å². The van der Waals surface area contributed by atoms with Gasteiger partial charge in [-0.1, -0.05) is 18.2 Å². The number of likely N-dealkylation sites (N-methyl/N-ethyl adjacent to an activating group) is 1. The van der Waals surface area contributed by atoms with Crippen molar-refractivity contribution in [2.24, 2.45) is 4.99 Å². The fourth-order valence-corrected chi connectivity index (χ4v) is 3.11. The van der Waals surface area contributed by atoms with E-state index in [9.17, 15) is 4.79 Å². The molecule has 5 heteroatoms. The van der Waals surface area contributed by atoms with E-state index >= 15 is 0 Å². The van der Waals surface area contributed by atoms with Crippen LogP contribution in [0.3, 0.4) is 0 Å². The Morgan fingerprint density at radius 3 is 2.52 bits per heavy atom. The molecule has 1 aromatic carbocycles. The number of carbonyl (C=O) groups excluding carboxylic acids is 1. The zero-order chi connectivity index (χ0) is 16.2. The smallest absolute Gasteiger partial charge is 0.365 e. The molecule has 3 rings (SSSR count). The fourth-order valence-electron chi connectivity index (χ4n) is 3.11. The van der Waals surface area contributed by atoms with Gasteiger partial charge in [-0.3, -0.25) is 0 Å². The Morgan fingerprint density at radius 1 is 1.17 bits per heavy atom. The molecule has 2 heterocycles. The highest BCUT2D eigenvalue weighted by Crippen LogP contribution is 2.20. The van der Waals surface area contributed by atoms with Gasteiger partial charge in [-0.05, 0) is 31.4 Å². The number of benzene rings is 1. The van der Waals surface area contributed by atoms with Crippen LogP contribution in [0.25, 0.3) is 0 Å². The molecule has 1 N–H and O–H groups in total. The second-order valence-electron chi connectivity index (χ2n) is 6.35. The number of nitrogens with zero attached hydrogens (tertiary/aromatic N) is 2. The summed E-state index contributed by atoms with van der Waals surface area (Å²) in [5.41, 5.74) is 2.24. The van der Waals surface area contributed by atoms with Crippen LogP contribution in [0.5, 0.6) is 0 Å².